The van der Waals surface area contributed by atoms with Crippen LogP contribution in [0.25, 0.3) is 0 Å². The summed E-state index contributed by atoms with van der Waals surface area (Å²) in [6.07, 6.45) is 7.42. The Hall–Kier alpha value is -0.240. The van der Waals surface area contributed by atoms with Gasteiger partial charge in [-0.05, 0) is 6.42 Å². The first kappa shape index (κ1) is 13.8. The topological polar surface area (TPSA) is 26.3 Å². The molecule has 0 radical (unpaired) electrons. The number of ether oxygens (including phenoxy) is 1. The molecule has 0 aromatic heterocycles. The largest absolute Gasteiger partial charge is 0.469 e. The number of methoxy groups -OCH3 is 1. The van der Waals surface area contributed by atoms with E-state index in [0.29, 0.717) is 6.42 Å². The predicted octanol–water partition coefficient (Wildman–Crippen LogP) is 3.52. The van der Waals surface area contributed by atoms with Gasteiger partial charge in [0.1, 0.15) is 0 Å². The summed E-state index contributed by atoms with van der Waals surface area (Å²) >= 11 is 5.97. The summed E-state index contributed by atoms with van der Waals surface area (Å²) in [5.41, 5.74) is 0. The molecule has 14 heavy (non-hydrogen) atoms. The third-order valence-corrected chi connectivity index (χ3v) is 2.61. The molecular weight excluding hydrogens is 200 g/mol. The molecule has 2 nitrogen and oxygen atoms in total. The summed E-state index contributed by atoms with van der Waals surface area (Å²) in [5, 5.41) is -0.0518. The van der Waals surface area contributed by atoms with Crippen LogP contribution in [-0.2, 0) is 9.53 Å². The van der Waals surface area contributed by atoms with Crippen LogP contribution in [0.5, 0.6) is 0 Å². The van der Waals surface area contributed by atoms with Gasteiger partial charge in [0.25, 0.3) is 0 Å². The first-order chi connectivity index (χ1) is 6.70. The van der Waals surface area contributed by atoms with Crippen LogP contribution in [0.4, 0.5) is 0 Å². The number of esters is 1. The van der Waals surface area contributed by atoms with Crippen molar-refractivity contribution < 1.29 is 9.53 Å². The Balaban J connectivity index is 3.26. The number of alkyl halides is 1. The van der Waals surface area contributed by atoms with Gasteiger partial charge in [-0.3, -0.25) is 4.79 Å². The molecule has 0 aromatic carbocycles. The van der Waals surface area contributed by atoms with Crippen LogP contribution in [0.2, 0.25) is 0 Å². The standard InChI is InChI=1S/C11H21ClO2/c1-3-4-5-6-7-8-10(12)9-11(13)14-2/h10H,3-9H2,1-2H3. The molecule has 84 valence electrons. The summed E-state index contributed by atoms with van der Waals surface area (Å²) in [4.78, 5) is 10.9. The Morgan fingerprint density at radius 1 is 1.29 bits per heavy atom. The fourth-order valence-electron chi connectivity index (χ4n) is 1.34. The molecule has 1 atom stereocenters. The van der Waals surface area contributed by atoms with E-state index in [4.69, 9.17) is 11.6 Å². The number of rotatable bonds is 8. The van der Waals surface area contributed by atoms with Gasteiger partial charge >= 0.3 is 5.97 Å². The minimum Gasteiger partial charge on any atom is -0.469 e. The van der Waals surface area contributed by atoms with E-state index in [1.807, 2.05) is 0 Å². The Morgan fingerprint density at radius 3 is 2.50 bits per heavy atom. The van der Waals surface area contributed by atoms with Crippen molar-refractivity contribution in [3.63, 3.8) is 0 Å². The third kappa shape index (κ3) is 8.36. The first-order valence-corrected chi connectivity index (χ1v) is 5.85. The molecule has 0 spiro atoms. The maximum atomic E-state index is 10.9. The Bertz CT molecular complexity index is 148. The lowest BCUT2D eigenvalue weighted by molar-refractivity contribution is -0.140. The molecule has 0 rings (SSSR count). The molecule has 0 saturated carbocycles. The van der Waals surface area contributed by atoms with E-state index in [1.54, 1.807) is 0 Å². The predicted molar refractivity (Wildman–Crippen MR) is 59.7 cm³/mol. The second-order valence-electron chi connectivity index (χ2n) is 3.58. The Morgan fingerprint density at radius 2 is 1.93 bits per heavy atom. The van der Waals surface area contributed by atoms with E-state index in [9.17, 15) is 4.79 Å². The molecule has 0 aliphatic heterocycles. The molecular formula is C11H21ClO2. The first-order valence-electron chi connectivity index (χ1n) is 5.41. The van der Waals surface area contributed by atoms with Gasteiger partial charge in [-0.25, -0.2) is 0 Å². The van der Waals surface area contributed by atoms with Crippen molar-refractivity contribution >= 4 is 17.6 Å². The number of halogens is 1. The number of hydrogen-bond acceptors (Lipinski definition) is 2. The maximum Gasteiger partial charge on any atom is 0.307 e. The zero-order chi connectivity index (χ0) is 10.8. The van der Waals surface area contributed by atoms with Crippen molar-refractivity contribution in [1.82, 2.24) is 0 Å². The minimum atomic E-state index is -0.210. The van der Waals surface area contributed by atoms with Gasteiger partial charge < -0.3 is 4.74 Å². The van der Waals surface area contributed by atoms with E-state index in [0.717, 1.165) is 12.8 Å². The minimum absolute atomic E-state index is 0.0518. The number of hydrogen-bond donors (Lipinski definition) is 0. The smallest absolute Gasteiger partial charge is 0.307 e. The van der Waals surface area contributed by atoms with Crippen molar-refractivity contribution in [2.45, 2.75) is 57.2 Å². The fraction of sp³-hybridized carbons (Fsp3) is 0.909. The average molecular weight is 221 g/mol. The van der Waals surface area contributed by atoms with Gasteiger partial charge in [0.2, 0.25) is 0 Å². The molecule has 1 unspecified atom stereocenters. The molecule has 0 bridgehead atoms. The lowest BCUT2D eigenvalue weighted by Crippen LogP contribution is -2.09. The molecule has 0 aliphatic rings. The fourth-order valence-corrected chi connectivity index (χ4v) is 1.62. The SMILES string of the molecule is CCCCCCCC(Cl)CC(=O)OC. The van der Waals surface area contributed by atoms with Gasteiger partial charge in [0.05, 0.1) is 13.5 Å². The highest BCUT2D eigenvalue weighted by molar-refractivity contribution is 6.21. The zero-order valence-corrected chi connectivity index (χ0v) is 9.98. The summed E-state index contributed by atoms with van der Waals surface area (Å²) in [5.74, 6) is -0.210. The molecule has 0 aliphatic carbocycles. The number of carbonyl (C=O) groups excluding carboxylic acids is 1. The monoisotopic (exact) mass is 220 g/mol. The van der Waals surface area contributed by atoms with Crippen molar-refractivity contribution in [2.75, 3.05) is 7.11 Å². The quantitative estimate of drug-likeness (QED) is 0.356. The van der Waals surface area contributed by atoms with Crippen LogP contribution < -0.4 is 0 Å². The molecule has 0 aromatic rings. The van der Waals surface area contributed by atoms with Crippen LogP contribution in [0.15, 0.2) is 0 Å². The Labute approximate surface area is 92.0 Å². The highest BCUT2D eigenvalue weighted by Gasteiger charge is 2.10. The third-order valence-electron chi connectivity index (χ3n) is 2.24. The zero-order valence-electron chi connectivity index (χ0n) is 9.22. The summed E-state index contributed by atoms with van der Waals surface area (Å²) < 4.78 is 4.54. The lowest BCUT2D eigenvalue weighted by Gasteiger charge is -2.07. The number of carbonyl (C=O) groups is 1. The van der Waals surface area contributed by atoms with Gasteiger partial charge in [-0.15, -0.1) is 11.6 Å². The van der Waals surface area contributed by atoms with E-state index < -0.39 is 0 Å². The van der Waals surface area contributed by atoms with Crippen LogP contribution in [0, 0.1) is 0 Å². The van der Waals surface area contributed by atoms with Crippen LogP contribution in [0.1, 0.15) is 51.9 Å². The van der Waals surface area contributed by atoms with Crippen molar-refractivity contribution in [2.24, 2.45) is 0 Å². The molecule has 3 heteroatoms. The lowest BCUT2D eigenvalue weighted by atomic mass is 10.1. The number of unbranched alkanes of at least 4 members (excludes halogenated alkanes) is 4. The van der Waals surface area contributed by atoms with Crippen LogP contribution >= 0.6 is 11.6 Å². The maximum absolute atomic E-state index is 10.9. The molecule has 0 amide bonds. The summed E-state index contributed by atoms with van der Waals surface area (Å²) in [7, 11) is 1.40. The second-order valence-corrected chi connectivity index (χ2v) is 4.20. The molecule has 0 heterocycles. The van der Waals surface area contributed by atoms with Crippen LogP contribution in [-0.4, -0.2) is 18.5 Å². The second kappa shape index (κ2) is 9.32. The van der Waals surface area contributed by atoms with Crippen molar-refractivity contribution in [3.8, 4) is 0 Å². The van der Waals surface area contributed by atoms with E-state index in [2.05, 4.69) is 11.7 Å². The molecule has 0 saturated heterocycles. The Kier molecular flexibility index (Phi) is 9.16. The van der Waals surface area contributed by atoms with E-state index in [1.165, 1.54) is 32.8 Å². The van der Waals surface area contributed by atoms with Crippen molar-refractivity contribution in [3.05, 3.63) is 0 Å². The van der Waals surface area contributed by atoms with Crippen molar-refractivity contribution in [1.29, 1.82) is 0 Å². The average Bonchev–Trinajstić information content (AvgIpc) is 2.17. The summed E-state index contributed by atoms with van der Waals surface area (Å²) in [6.45, 7) is 2.20. The van der Waals surface area contributed by atoms with E-state index >= 15 is 0 Å². The van der Waals surface area contributed by atoms with Gasteiger partial charge in [0, 0.05) is 5.38 Å². The van der Waals surface area contributed by atoms with Crippen LogP contribution in [0.3, 0.4) is 0 Å². The highest BCUT2D eigenvalue weighted by Crippen LogP contribution is 2.14. The summed E-state index contributed by atoms with van der Waals surface area (Å²) in [6, 6.07) is 0. The highest BCUT2D eigenvalue weighted by atomic mass is 35.5. The molecule has 0 fully saturated rings. The van der Waals surface area contributed by atoms with Gasteiger partial charge in [0.15, 0.2) is 0 Å². The normalized spacial score (nSPS) is 12.5. The van der Waals surface area contributed by atoms with Gasteiger partial charge in [-0.2, -0.15) is 0 Å². The van der Waals surface area contributed by atoms with E-state index in [-0.39, 0.29) is 11.3 Å². The molecule has 0 N–H and O–H groups in total. The van der Waals surface area contributed by atoms with Gasteiger partial charge in [-0.1, -0.05) is 39.0 Å².